The maximum atomic E-state index is 12.2. The van der Waals surface area contributed by atoms with E-state index in [0.29, 0.717) is 6.42 Å². The van der Waals surface area contributed by atoms with E-state index in [4.69, 9.17) is 28.3 Å². The Morgan fingerprint density at radius 1 is 1.40 bits per heavy atom. The number of hydrogen-bond acceptors (Lipinski definition) is 3. The van der Waals surface area contributed by atoms with Crippen LogP contribution in [-0.4, -0.2) is 25.5 Å². The van der Waals surface area contributed by atoms with Gasteiger partial charge in [0.1, 0.15) is 10.9 Å². The van der Waals surface area contributed by atoms with Crippen LogP contribution in [-0.2, 0) is 14.8 Å². The van der Waals surface area contributed by atoms with Gasteiger partial charge in [0.25, 0.3) is 0 Å². The van der Waals surface area contributed by atoms with Crippen molar-refractivity contribution in [1.29, 1.82) is 0 Å². The Labute approximate surface area is 127 Å². The van der Waals surface area contributed by atoms with Crippen LogP contribution in [0.25, 0.3) is 0 Å². The summed E-state index contributed by atoms with van der Waals surface area (Å²) in [4.78, 5) is 10.9. The third-order valence-electron chi connectivity index (χ3n) is 2.97. The van der Waals surface area contributed by atoms with E-state index in [1.807, 2.05) is 0 Å². The minimum absolute atomic E-state index is 0.0879. The van der Waals surface area contributed by atoms with Crippen molar-refractivity contribution in [2.45, 2.75) is 31.2 Å². The first-order chi connectivity index (χ1) is 9.20. The first-order valence-corrected chi connectivity index (χ1v) is 8.13. The van der Waals surface area contributed by atoms with Gasteiger partial charge in [-0.05, 0) is 18.1 Å². The van der Waals surface area contributed by atoms with E-state index in [-0.39, 0.29) is 20.9 Å². The fourth-order valence-electron chi connectivity index (χ4n) is 1.57. The van der Waals surface area contributed by atoms with E-state index >= 15 is 0 Å². The highest BCUT2D eigenvalue weighted by molar-refractivity contribution is 7.89. The van der Waals surface area contributed by atoms with Crippen LogP contribution in [0.3, 0.4) is 0 Å². The second-order valence-corrected chi connectivity index (χ2v) is 6.84. The molecule has 0 aliphatic rings. The third kappa shape index (κ3) is 3.85. The summed E-state index contributed by atoms with van der Waals surface area (Å²) in [7, 11) is -4.06. The Bertz CT molecular complexity index is 603. The lowest BCUT2D eigenvalue weighted by molar-refractivity contribution is -0.140. The molecule has 1 aromatic carbocycles. The van der Waals surface area contributed by atoms with E-state index in [2.05, 4.69) is 4.72 Å². The molecule has 2 atom stereocenters. The first kappa shape index (κ1) is 17.2. The zero-order valence-electron chi connectivity index (χ0n) is 10.9. The Morgan fingerprint density at radius 3 is 2.50 bits per heavy atom. The molecule has 2 N–H and O–H groups in total. The standard InChI is InChI=1S/C12H15Cl2NO4S/c1-3-7(2)11(12(16)17)15-20(18,19)9-6-4-5-8(13)10(9)14/h4-7,11,15H,3H2,1-2H3,(H,16,17). The Kier molecular flexibility index (Phi) is 5.82. The summed E-state index contributed by atoms with van der Waals surface area (Å²) >= 11 is 11.6. The summed E-state index contributed by atoms with van der Waals surface area (Å²) in [5.41, 5.74) is 0. The molecule has 0 bridgehead atoms. The van der Waals surface area contributed by atoms with Gasteiger partial charge in [0, 0.05) is 0 Å². The van der Waals surface area contributed by atoms with Crippen LogP contribution in [0.15, 0.2) is 23.1 Å². The smallest absolute Gasteiger partial charge is 0.322 e. The molecular weight excluding hydrogens is 325 g/mol. The minimum atomic E-state index is -4.06. The fourth-order valence-corrected chi connectivity index (χ4v) is 3.63. The minimum Gasteiger partial charge on any atom is -0.480 e. The first-order valence-electron chi connectivity index (χ1n) is 5.89. The van der Waals surface area contributed by atoms with Crippen molar-refractivity contribution in [3.63, 3.8) is 0 Å². The number of nitrogens with one attached hydrogen (secondary N) is 1. The Balaban J connectivity index is 3.17. The number of rotatable bonds is 6. The topological polar surface area (TPSA) is 83.5 Å². The number of carboxylic acids is 1. The van der Waals surface area contributed by atoms with Crippen LogP contribution in [0.4, 0.5) is 0 Å². The summed E-state index contributed by atoms with van der Waals surface area (Å²) in [6, 6.07) is 2.93. The summed E-state index contributed by atoms with van der Waals surface area (Å²) in [5.74, 6) is -1.60. The van der Waals surface area contributed by atoms with Gasteiger partial charge in [-0.15, -0.1) is 0 Å². The molecule has 0 aliphatic heterocycles. The van der Waals surface area contributed by atoms with Crippen LogP contribution in [0.1, 0.15) is 20.3 Å². The van der Waals surface area contributed by atoms with E-state index in [0.717, 1.165) is 0 Å². The van der Waals surface area contributed by atoms with Gasteiger partial charge >= 0.3 is 5.97 Å². The highest BCUT2D eigenvalue weighted by atomic mass is 35.5. The third-order valence-corrected chi connectivity index (χ3v) is 5.38. The molecule has 1 aromatic rings. The van der Waals surface area contributed by atoms with Gasteiger partial charge in [0.15, 0.2) is 0 Å². The van der Waals surface area contributed by atoms with E-state index in [1.54, 1.807) is 13.8 Å². The Hall–Kier alpha value is -0.820. The maximum Gasteiger partial charge on any atom is 0.322 e. The number of hydrogen-bond donors (Lipinski definition) is 2. The predicted molar refractivity (Wildman–Crippen MR) is 77.7 cm³/mol. The number of sulfonamides is 1. The molecule has 0 amide bonds. The highest BCUT2D eigenvalue weighted by Gasteiger charge is 2.30. The average Bonchev–Trinajstić information content (AvgIpc) is 2.37. The molecule has 112 valence electrons. The number of benzene rings is 1. The predicted octanol–water partition coefficient (Wildman–Crippen LogP) is 2.77. The molecule has 1 rings (SSSR count). The maximum absolute atomic E-state index is 12.2. The summed E-state index contributed by atoms with van der Waals surface area (Å²) in [6.45, 7) is 3.43. The van der Waals surface area contributed by atoms with Crippen LogP contribution >= 0.6 is 23.2 Å². The van der Waals surface area contributed by atoms with Crippen molar-refractivity contribution in [3.8, 4) is 0 Å². The quantitative estimate of drug-likeness (QED) is 0.834. The van der Waals surface area contributed by atoms with E-state index in [1.165, 1.54) is 18.2 Å². The molecule has 5 nitrogen and oxygen atoms in total. The van der Waals surface area contributed by atoms with Crippen molar-refractivity contribution in [2.75, 3.05) is 0 Å². The Morgan fingerprint density at radius 2 is 2.00 bits per heavy atom. The molecule has 8 heteroatoms. The molecule has 0 aromatic heterocycles. The zero-order chi connectivity index (χ0) is 15.5. The number of aliphatic carboxylic acids is 1. The normalized spacial score (nSPS) is 14.8. The summed E-state index contributed by atoms with van der Waals surface area (Å²) in [5, 5.41) is 9.08. The number of carbonyl (C=O) groups is 1. The average molecular weight is 340 g/mol. The summed E-state index contributed by atoms with van der Waals surface area (Å²) < 4.78 is 26.6. The monoisotopic (exact) mass is 339 g/mol. The molecule has 0 spiro atoms. The molecule has 0 saturated heterocycles. The van der Waals surface area contributed by atoms with Gasteiger partial charge in [-0.3, -0.25) is 4.79 Å². The molecule has 0 saturated carbocycles. The number of carboxylic acid groups (broad SMARTS) is 1. The lowest BCUT2D eigenvalue weighted by Gasteiger charge is -2.20. The lowest BCUT2D eigenvalue weighted by Crippen LogP contribution is -2.44. The van der Waals surface area contributed by atoms with E-state index < -0.39 is 22.0 Å². The van der Waals surface area contributed by atoms with Gasteiger partial charge in [-0.2, -0.15) is 4.72 Å². The molecule has 0 fully saturated rings. The molecular formula is C12H15Cl2NO4S. The van der Waals surface area contributed by atoms with Crippen molar-refractivity contribution in [2.24, 2.45) is 5.92 Å². The lowest BCUT2D eigenvalue weighted by atomic mass is 10.0. The van der Waals surface area contributed by atoms with Crippen molar-refractivity contribution < 1.29 is 18.3 Å². The van der Waals surface area contributed by atoms with Gasteiger partial charge in [0.2, 0.25) is 10.0 Å². The van der Waals surface area contributed by atoms with Crippen LogP contribution in [0.5, 0.6) is 0 Å². The molecule has 2 unspecified atom stereocenters. The van der Waals surface area contributed by atoms with Crippen molar-refractivity contribution >= 4 is 39.2 Å². The molecule has 0 radical (unpaired) electrons. The second kappa shape index (κ2) is 6.76. The van der Waals surface area contributed by atoms with Crippen LogP contribution < -0.4 is 4.72 Å². The van der Waals surface area contributed by atoms with Gasteiger partial charge in [-0.25, -0.2) is 8.42 Å². The van der Waals surface area contributed by atoms with Gasteiger partial charge in [0.05, 0.1) is 10.0 Å². The molecule has 0 heterocycles. The van der Waals surface area contributed by atoms with Crippen LogP contribution in [0.2, 0.25) is 10.0 Å². The fraction of sp³-hybridized carbons (Fsp3) is 0.417. The van der Waals surface area contributed by atoms with E-state index in [9.17, 15) is 13.2 Å². The summed E-state index contributed by atoms with van der Waals surface area (Å²) in [6.07, 6.45) is 0.517. The van der Waals surface area contributed by atoms with Crippen molar-refractivity contribution in [3.05, 3.63) is 28.2 Å². The zero-order valence-corrected chi connectivity index (χ0v) is 13.3. The number of halogens is 2. The van der Waals surface area contributed by atoms with Crippen molar-refractivity contribution in [1.82, 2.24) is 4.72 Å². The van der Waals surface area contributed by atoms with Crippen LogP contribution in [0, 0.1) is 5.92 Å². The SMILES string of the molecule is CCC(C)C(NS(=O)(=O)c1cccc(Cl)c1Cl)C(=O)O. The largest absolute Gasteiger partial charge is 0.480 e. The molecule has 0 aliphatic carbocycles. The second-order valence-electron chi connectivity index (χ2n) is 4.37. The van der Waals surface area contributed by atoms with Gasteiger partial charge < -0.3 is 5.11 Å². The molecule has 20 heavy (non-hydrogen) atoms. The highest BCUT2D eigenvalue weighted by Crippen LogP contribution is 2.29. The van der Waals surface area contributed by atoms with Gasteiger partial charge in [-0.1, -0.05) is 49.5 Å².